The molecule has 0 bridgehead atoms. The first-order valence-electron chi connectivity index (χ1n) is 5.07. The second-order valence-electron chi connectivity index (χ2n) is 4.45. The van der Waals surface area contributed by atoms with E-state index in [2.05, 4.69) is 4.98 Å². The summed E-state index contributed by atoms with van der Waals surface area (Å²) in [5.41, 5.74) is -0.0209. The van der Waals surface area contributed by atoms with Crippen LogP contribution in [0.15, 0.2) is 5.38 Å². The molecule has 1 fully saturated rings. The van der Waals surface area contributed by atoms with Crippen LogP contribution >= 0.6 is 11.3 Å². The summed E-state index contributed by atoms with van der Waals surface area (Å²) < 4.78 is 23.2. The first-order valence-corrected chi connectivity index (χ1v) is 7.77. The lowest BCUT2D eigenvalue weighted by Gasteiger charge is -2.31. The zero-order chi connectivity index (χ0) is 11.8. The monoisotopic (exact) mass is 259 g/mol. The Labute approximate surface area is 98.6 Å². The highest BCUT2D eigenvalue weighted by Crippen LogP contribution is 2.36. The summed E-state index contributed by atoms with van der Waals surface area (Å²) in [6.45, 7) is 1.91. The molecular formula is C10H13NO3S2. The lowest BCUT2D eigenvalue weighted by Crippen LogP contribution is -2.37. The van der Waals surface area contributed by atoms with E-state index in [1.54, 1.807) is 5.38 Å². The van der Waals surface area contributed by atoms with E-state index in [-0.39, 0.29) is 11.5 Å². The van der Waals surface area contributed by atoms with E-state index < -0.39 is 15.3 Å². The molecule has 0 N–H and O–H groups in total. The minimum Gasteiger partial charge on any atom is -0.296 e. The second-order valence-corrected chi connectivity index (χ2v) is 7.49. The molecule has 0 aliphatic carbocycles. The molecule has 2 heterocycles. The molecule has 2 rings (SSSR count). The Hall–Kier alpha value is -0.750. The third-order valence-corrected chi connectivity index (χ3v) is 6.04. The average molecular weight is 259 g/mol. The molecule has 88 valence electrons. The van der Waals surface area contributed by atoms with Gasteiger partial charge >= 0.3 is 0 Å². The highest BCUT2D eigenvalue weighted by atomic mass is 32.2. The molecule has 16 heavy (non-hydrogen) atoms. The molecule has 1 aromatic heterocycles. The van der Waals surface area contributed by atoms with Gasteiger partial charge in [0.1, 0.15) is 10.7 Å². The van der Waals surface area contributed by atoms with Gasteiger partial charge in [0.25, 0.3) is 0 Å². The zero-order valence-corrected chi connectivity index (χ0v) is 10.6. The maximum Gasteiger partial charge on any atom is 0.169 e. The lowest BCUT2D eigenvalue weighted by molar-refractivity contribution is 0.111. The quantitative estimate of drug-likeness (QED) is 0.754. The highest BCUT2D eigenvalue weighted by Gasteiger charge is 2.38. The van der Waals surface area contributed by atoms with Crippen LogP contribution in [0.3, 0.4) is 0 Å². The molecule has 1 atom stereocenters. The van der Waals surface area contributed by atoms with Gasteiger partial charge in [0.2, 0.25) is 0 Å². The third kappa shape index (κ3) is 2.17. The molecule has 0 amide bonds. The Kier molecular flexibility index (Phi) is 2.88. The van der Waals surface area contributed by atoms with Gasteiger partial charge in [-0.05, 0) is 12.8 Å². The number of hydrogen-bond donors (Lipinski definition) is 0. The largest absolute Gasteiger partial charge is 0.296 e. The van der Waals surface area contributed by atoms with Gasteiger partial charge < -0.3 is 0 Å². The highest BCUT2D eigenvalue weighted by molar-refractivity contribution is 7.91. The molecule has 0 spiro atoms. The fourth-order valence-electron chi connectivity index (χ4n) is 2.10. The fourth-order valence-corrected chi connectivity index (χ4v) is 5.13. The Bertz CT molecular complexity index is 506. The van der Waals surface area contributed by atoms with Crippen molar-refractivity contribution >= 4 is 27.5 Å². The van der Waals surface area contributed by atoms with Gasteiger partial charge in [-0.1, -0.05) is 6.92 Å². The van der Waals surface area contributed by atoms with Crippen molar-refractivity contribution in [2.75, 3.05) is 11.5 Å². The van der Waals surface area contributed by atoms with Crippen molar-refractivity contribution in [1.82, 2.24) is 4.98 Å². The maximum absolute atomic E-state index is 11.6. The van der Waals surface area contributed by atoms with Crippen LogP contribution in [-0.2, 0) is 15.3 Å². The average Bonchev–Trinajstić information content (AvgIpc) is 2.64. The Morgan fingerprint density at radius 3 is 2.88 bits per heavy atom. The first kappa shape index (κ1) is 11.7. The summed E-state index contributed by atoms with van der Waals surface area (Å²) in [5.74, 6) is 0.417. The molecular weight excluding hydrogens is 246 g/mol. The molecule has 0 radical (unpaired) electrons. The lowest BCUT2D eigenvalue weighted by atomic mass is 9.88. The number of nitrogens with zero attached hydrogens (tertiary/aromatic N) is 1. The molecule has 4 nitrogen and oxygen atoms in total. The summed E-state index contributed by atoms with van der Waals surface area (Å²) in [6.07, 6.45) is 2.19. The van der Waals surface area contributed by atoms with Crippen molar-refractivity contribution in [3.8, 4) is 0 Å². The Morgan fingerprint density at radius 2 is 2.31 bits per heavy atom. The van der Waals surface area contributed by atoms with Crippen LogP contribution in [0.5, 0.6) is 0 Å². The van der Waals surface area contributed by atoms with Crippen LogP contribution in [0.25, 0.3) is 0 Å². The number of hydrogen-bond acceptors (Lipinski definition) is 5. The van der Waals surface area contributed by atoms with E-state index in [0.29, 0.717) is 18.4 Å². The number of sulfone groups is 1. The van der Waals surface area contributed by atoms with E-state index in [0.717, 1.165) is 11.4 Å². The maximum atomic E-state index is 11.6. The molecule has 0 saturated carbocycles. The van der Waals surface area contributed by atoms with E-state index >= 15 is 0 Å². The van der Waals surface area contributed by atoms with E-state index in [1.807, 2.05) is 6.92 Å². The minimum absolute atomic E-state index is 0.145. The van der Waals surface area contributed by atoms with Gasteiger partial charge in [0, 0.05) is 10.8 Å². The van der Waals surface area contributed by atoms with Crippen LogP contribution < -0.4 is 0 Å². The van der Waals surface area contributed by atoms with Crippen molar-refractivity contribution in [1.29, 1.82) is 0 Å². The van der Waals surface area contributed by atoms with Crippen LogP contribution in [0.4, 0.5) is 0 Å². The number of aromatic nitrogens is 1. The van der Waals surface area contributed by atoms with Gasteiger partial charge in [-0.25, -0.2) is 13.4 Å². The minimum atomic E-state index is -2.96. The predicted octanol–water partition coefficient (Wildman–Crippen LogP) is 1.42. The summed E-state index contributed by atoms with van der Waals surface area (Å²) >= 11 is 1.37. The van der Waals surface area contributed by atoms with Crippen LogP contribution in [0.2, 0.25) is 0 Å². The standard InChI is InChI=1S/C10H13NO3S2/c1-10(3-2-4-16(13,14)7-10)9-11-8(5-12)6-15-9/h5-6H,2-4,7H2,1H3. The van der Waals surface area contributed by atoms with E-state index in [1.165, 1.54) is 11.3 Å². The molecule has 1 aliphatic heterocycles. The molecule has 1 unspecified atom stereocenters. The van der Waals surface area contributed by atoms with Crippen LogP contribution in [-0.4, -0.2) is 31.2 Å². The van der Waals surface area contributed by atoms with E-state index in [4.69, 9.17) is 0 Å². The fraction of sp³-hybridized carbons (Fsp3) is 0.600. The van der Waals surface area contributed by atoms with Crippen LogP contribution in [0, 0.1) is 0 Å². The SMILES string of the molecule is CC1(c2nc(C=O)cs2)CCCS(=O)(=O)C1. The molecule has 1 aromatic rings. The topological polar surface area (TPSA) is 64.1 Å². The van der Waals surface area contributed by atoms with Crippen molar-refractivity contribution in [3.05, 3.63) is 16.1 Å². The van der Waals surface area contributed by atoms with Crippen molar-refractivity contribution in [3.63, 3.8) is 0 Å². The second kappa shape index (κ2) is 3.92. The molecule has 1 saturated heterocycles. The molecule has 1 aliphatic rings. The van der Waals surface area contributed by atoms with Gasteiger partial charge in [-0.3, -0.25) is 4.79 Å². The van der Waals surface area contributed by atoms with Gasteiger partial charge in [-0.2, -0.15) is 0 Å². The normalized spacial score (nSPS) is 28.8. The van der Waals surface area contributed by atoms with Crippen molar-refractivity contribution < 1.29 is 13.2 Å². The van der Waals surface area contributed by atoms with Crippen molar-refractivity contribution in [2.24, 2.45) is 0 Å². The van der Waals surface area contributed by atoms with Crippen LogP contribution in [0.1, 0.15) is 35.3 Å². The number of aldehydes is 1. The number of carbonyl (C=O) groups excluding carboxylic acids is 1. The Balaban J connectivity index is 2.34. The molecule has 6 heteroatoms. The molecule has 0 aromatic carbocycles. The summed E-state index contributed by atoms with van der Waals surface area (Å²) in [5, 5.41) is 2.44. The number of rotatable bonds is 2. The summed E-state index contributed by atoms with van der Waals surface area (Å²) in [6, 6.07) is 0. The van der Waals surface area contributed by atoms with Gasteiger partial charge in [0.15, 0.2) is 16.1 Å². The summed E-state index contributed by atoms with van der Waals surface area (Å²) in [4.78, 5) is 14.7. The predicted molar refractivity (Wildman–Crippen MR) is 62.7 cm³/mol. The van der Waals surface area contributed by atoms with Gasteiger partial charge in [-0.15, -0.1) is 11.3 Å². The smallest absolute Gasteiger partial charge is 0.169 e. The number of thiazole rings is 1. The summed E-state index contributed by atoms with van der Waals surface area (Å²) in [7, 11) is -2.96. The van der Waals surface area contributed by atoms with Gasteiger partial charge in [0.05, 0.1) is 11.5 Å². The number of carbonyl (C=O) groups is 1. The van der Waals surface area contributed by atoms with Crippen molar-refractivity contribution in [2.45, 2.75) is 25.2 Å². The zero-order valence-electron chi connectivity index (χ0n) is 8.97. The van der Waals surface area contributed by atoms with E-state index in [9.17, 15) is 13.2 Å². The third-order valence-electron chi connectivity index (χ3n) is 2.88. The Morgan fingerprint density at radius 1 is 1.56 bits per heavy atom. The first-order chi connectivity index (χ1) is 7.45.